The van der Waals surface area contributed by atoms with E-state index in [9.17, 15) is 0 Å². The first-order valence-corrected chi connectivity index (χ1v) is 7.10. The largest absolute Gasteiger partial charge is 0.330 e. The second-order valence-electron chi connectivity index (χ2n) is 3.36. The molecule has 0 atom stereocenters. The number of aromatic nitrogens is 1. The molecule has 2 aromatic rings. The number of thiazole rings is 1. The number of benzene rings is 1. The molecular weight excluding hydrogens is 236 g/mol. The molecule has 4 heteroatoms. The van der Waals surface area contributed by atoms with E-state index in [-0.39, 0.29) is 0 Å². The molecule has 0 saturated carbocycles. The molecule has 0 aliphatic rings. The summed E-state index contributed by atoms with van der Waals surface area (Å²) in [5.74, 6) is 1.05. The molecule has 0 spiro atoms. The first kappa shape index (κ1) is 11.6. The van der Waals surface area contributed by atoms with Crippen LogP contribution in [0.2, 0.25) is 0 Å². The van der Waals surface area contributed by atoms with Crippen molar-refractivity contribution in [2.24, 2.45) is 5.73 Å². The number of hydrogen-bond acceptors (Lipinski definition) is 4. The van der Waals surface area contributed by atoms with E-state index in [1.807, 2.05) is 18.2 Å². The summed E-state index contributed by atoms with van der Waals surface area (Å²) in [5, 5.41) is 2.11. The summed E-state index contributed by atoms with van der Waals surface area (Å²) < 4.78 is 1.13. The Balaban J connectivity index is 2.02. The van der Waals surface area contributed by atoms with Crippen LogP contribution in [-0.2, 0) is 0 Å². The van der Waals surface area contributed by atoms with E-state index in [0.717, 1.165) is 28.8 Å². The number of nitrogens with zero attached hydrogens (tertiary/aromatic N) is 1. The highest BCUT2D eigenvalue weighted by Gasteiger charge is 2.03. The fraction of sp³-hybridized carbons (Fsp3) is 0.250. The van der Waals surface area contributed by atoms with Crippen LogP contribution in [0.1, 0.15) is 6.42 Å². The van der Waals surface area contributed by atoms with E-state index in [4.69, 9.17) is 5.73 Å². The van der Waals surface area contributed by atoms with E-state index < -0.39 is 0 Å². The van der Waals surface area contributed by atoms with Crippen molar-refractivity contribution in [3.05, 3.63) is 35.7 Å². The number of nitrogens with two attached hydrogens (primary N) is 1. The van der Waals surface area contributed by atoms with Crippen LogP contribution in [-0.4, -0.2) is 17.3 Å². The van der Waals surface area contributed by atoms with Crippen LogP contribution in [0, 0.1) is 0 Å². The molecule has 16 heavy (non-hydrogen) atoms. The van der Waals surface area contributed by atoms with E-state index in [1.54, 1.807) is 23.1 Å². The predicted molar refractivity (Wildman–Crippen MR) is 71.9 cm³/mol. The Morgan fingerprint density at radius 1 is 1.25 bits per heavy atom. The first-order chi connectivity index (χ1) is 7.90. The fourth-order valence-electron chi connectivity index (χ4n) is 1.31. The van der Waals surface area contributed by atoms with Gasteiger partial charge in [0.2, 0.25) is 0 Å². The van der Waals surface area contributed by atoms with Crippen molar-refractivity contribution in [1.82, 2.24) is 4.98 Å². The van der Waals surface area contributed by atoms with Gasteiger partial charge in [0.15, 0.2) is 4.34 Å². The minimum atomic E-state index is 0.754. The molecule has 0 fully saturated rings. The Hall–Kier alpha value is -0.840. The zero-order valence-corrected chi connectivity index (χ0v) is 10.6. The topological polar surface area (TPSA) is 38.9 Å². The molecule has 84 valence electrons. The minimum absolute atomic E-state index is 0.754. The number of thioether (sulfide) groups is 1. The summed E-state index contributed by atoms with van der Waals surface area (Å²) in [6.45, 7) is 0.754. The quantitative estimate of drug-likeness (QED) is 0.654. The lowest BCUT2D eigenvalue weighted by Gasteiger charge is -1.95. The summed E-state index contributed by atoms with van der Waals surface area (Å²) in [4.78, 5) is 4.59. The van der Waals surface area contributed by atoms with Gasteiger partial charge in [0.25, 0.3) is 0 Å². The van der Waals surface area contributed by atoms with Crippen molar-refractivity contribution in [1.29, 1.82) is 0 Å². The van der Waals surface area contributed by atoms with E-state index >= 15 is 0 Å². The molecule has 0 aliphatic carbocycles. The van der Waals surface area contributed by atoms with Gasteiger partial charge in [-0.15, -0.1) is 11.3 Å². The fourth-order valence-corrected chi connectivity index (χ4v) is 3.18. The molecule has 0 aliphatic heterocycles. The van der Waals surface area contributed by atoms with Gasteiger partial charge < -0.3 is 5.73 Å². The van der Waals surface area contributed by atoms with Crippen LogP contribution in [0.3, 0.4) is 0 Å². The Kier molecular flexibility index (Phi) is 4.39. The van der Waals surface area contributed by atoms with E-state index in [1.165, 1.54) is 5.56 Å². The molecule has 0 unspecified atom stereocenters. The van der Waals surface area contributed by atoms with Gasteiger partial charge in [-0.25, -0.2) is 4.98 Å². The van der Waals surface area contributed by atoms with Crippen molar-refractivity contribution in [2.45, 2.75) is 10.8 Å². The zero-order chi connectivity index (χ0) is 11.2. The molecule has 1 aromatic heterocycles. The lowest BCUT2D eigenvalue weighted by molar-refractivity contribution is 0.942. The van der Waals surface area contributed by atoms with E-state index in [2.05, 4.69) is 22.5 Å². The van der Waals surface area contributed by atoms with Gasteiger partial charge in [0.1, 0.15) is 0 Å². The summed E-state index contributed by atoms with van der Waals surface area (Å²) in [6, 6.07) is 10.3. The van der Waals surface area contributed by atoms with Gasteiger partial charge in [-0.2, -0.15) is 0 Å². The Labute approximate surface area is 104 Å². The minimum Gasteiger partial charge on any atom is -0.330 e. The maximum Gasteiger partial charge on any atom is 0.150 e. The summed E-state index contributed by atoms with van der Waals surface area (Å²) in [5.41, 5.74) is 7.71. The molecule has 0 amide bonds. The standard InChI is InChI=1S/C12H14N2S2/c13-7-4-8-15-12-14-11(9-16-12)10-5-2-1-3-6-10/h1-3,5-6,9H,4,7-8,13H2. The van der Waals surface area contributed by atoms with Gasteiger partial charge in [-0.05, 0) is 13.0 Å². The highest BCUT2D eigenvalue weighted by atomic mass is 32.2. The van der Waals surface area contributed by atoms with Crippen molar-refractivity contribution >= 4 is 23.1 Å². The third kappa shape index (κ3) is 3.07. The molecule has 1 heterocycles. The van der Waals surface area contributed by atoms with Crippen LogP contribution >= 0.6 is 23.1 Å². The van der Waals surface area contributed by atoms with Crippen molar-refractivity contribution in [2.75, 3.05) is 12.3 Å². The maximum absolute atomic E-state index is 5.46. The van der Waals surface area contributed by atoms with Gasteiger partial charge in [0.05, 0.1) is 5.69 Å². The van der Waals surface area contributed by atoms with Crippen molar-refractivity contribution in [3.63, 3.8) is 0 Å². The lowest BCUT2D eigenvalue weighted by atomic mass is 10.2. The Morgan fingerprint density at radius 2 is 2.06 bits per heavy atom. The monoisotopic (exact) mass is 250 g/mol. The SMILES string of the molecule is NCCCSc1nc(-c2ccccc2)cs1. The Morgan fingerprint density at radius 3 is 2.81 bits per heavy atom. The predicted octanol–water partition coefficient (Wildman–Crippen LogP) is 3.25. The Bertz CT molecular complexity index is 426. The van der Waals surface area contributed by atoms with E-state index in [0.29, 0.717) is 0 Å². The van der Waals surface area contributed by atoms with Crippen LogP contribution in [0.5, 0.6) is 0 Å². The normalized spacial score (nSPS) is 10.6. The smallest absolute Gasteiger partial charge is 0.150 e. The van der Waals surface area contributed by atoms with Crippen LogP contribution in [0.25, 0.3) is 11.3 Å². The zero-order valence-electron chi connectivity index (χ0n) is 8.93. The van der Waals surface area contributed by atoms with Crippen LogP contribution in [0.4, 0.5) is 0 Å². The van der Waals surface area contributed by atoms with Gasteiger partial charge in [0, 0.05) is 16.7 Å². The third-order valence-corrected chi connectivity index (χ3v) is 4.23. The maximum atomic E-state index is 5.46. The van der Waals surface area contributed by atoms with Crippen LogP contribution < -0.4 is 5.73 Å². The highest BCUT2D eigenvalue weighted by Crippen LogP contribution is 2.28. The molecule has 2 nitrogen and oxygen atoms in total. The molecule has 2 N–H and O–H groups in total. The van der Waals surface area contributed by atoms with Crippen LogP contribution in [0.15, 0.2) is 40.1 Å². The van der Waals surface area contributed by atoms with Gasteiger partial charge >= 0.3 is 0 Å². The molecule has 1 aromatic carbocycles. The molecule has 0 saturated heterocycles. The summed E-state index contributed by atoms with van der Waals surface area (Å²) in [6.07, 6.45) is 1.05. The molecule has 2 rings (SSSR count). The van der Waals surface area contributed by atoms with Crippen molar-refractivity contribution < 1.29 is 0 Å². The second kappa shape index (κ2) is 6.03. The van der Waals surface area contributed by atoms with Gasteiger partial charge in [-0.3, -0.25) is 0 Å². The summed E-state index contributed by atoms with van der Waals surface area (Å²) in [7, 11) is 0. The third-order valence-electron chi connectivity index (χ3n) is 2.13. The second-order valence-corrected chi connectivity index (χ2v) is 5.56. The molecule has 0 radical (unpaired) electrons. The average molecular weight is 250 g/mol. The average Bonchev–Trinajstić information content (AvgIpc) is 2.79. The first-order valence-electron chi connectivity index (χ1n) is 5.24. The molecular formula is C12H14N2S2. The summed E-state index contributed by atoms with van der Waals surface area (Å²) >= 11 is 3.49. The lowest BCUT2D eigenvalue weighted by Crippen LogP contribution is -1.99. The number of rotatable bonds is 5. The van der Waals surface area contributed by atoms with Gasteiger partial charge in [-0.1, -0.05) is 42.1 Å². The number of hydrogen-bond donors (Lipinski definition) is 1. The highest BCUT2D eigenvalue weighted by molar-refractivity contribution is 8.01. The van der Waals surface area contributed by atoms with Crippen molar-refractivity contribution in [3.8, 4) is 11.3 Å². The molecule has 0 bridgehead atoms.